The number of nitrogens with two attached hydrogens (primary N) is 1. The summed E-state index contributed by atoms with van der Waals surface area (Å²) in [6, 6.07) is 6.31. The van der Waals surface area contributed by atoms with Crippen molar-refractivity contribution in [2.45, 2.75) is 38.1 Å². The summed E-state index contributed by atoms with van der Waals surface area (Å²) in [6.45, 7) is 8.36. The maximum atomic E-state index is 12.8. The Bertz CT molecular complexity index is 470. The quantitative estimate of drug-likeness (QED) is 0.742. The minimum atomic E-state index is -0.383. The minimum absolute atomic E-state index is 0. The molecule has 1 rings (SSSR count). The van der Waals surface area contributed by atoms with E-state index in [2.05, 4.69) is 5.32 Å². The third-order valence-corrected chi connectivity index (χ3v) is 5.14. The number of hydrogen-bond acceptors (Lipinski definition) is 3. The Balaban J connectivity index is 0.00000441. The van der Waals surface area contributed by atoms with Gasteiger partial charge in [0.1, 0.15) is 5.82 Å². The van der Waals surface area contributed by atoms with E-state index < -0.39 is 0 Å². The highest BCUT2D eigenvalue weighted by atomic mass is 35.5. The summed E-state index contributed by atoms with van der Waals surface area (Å²) < 4.78 is 12.8. The highest BCUT2D eigenvalue weighted by molar-refractivity contribution is 7.99. The van der Waals surface area contributed by atoms with Crippen LogP contribution in [0, 0.1) is 17.7 Å². The van der Waals surface area contributed by atoms with E-state index in [1.807, 2.05) is 27.7 Å². The molecule has 2 atom stereocenters. The van der Waals surface area contributed by atoms with Crippen LogP contribution in [0.1, 0.15) is 27.7 Å². The predicted octanol–water partition coefficient (Wildman–Crippen LogP) is 3.47. The van der Waals surface area contributed by atoms with Crippen molar-refractivity contribution in [1.29, 1.82) is 0 Å². The van der Waals surface area contributed by atoms with Crippen molar-refractivity contribution in [3.8, 4) is 0 Å². The molecule has 1 amide bonds. The number of amides is 1. The highest BCUT2D eigenvalue weighted by Crippen LogP contribution is 2.22. The van der Waals surface area contributed by atoms with Crippen molar-refractivity contribution in [2.75, 3.05) is 12.3 Å². The summed E-state index contributed by atoms with van der Waals surface area (Å²) in [6.07, 6.45) is 0. The van der Waals surface area contributed by atoms with Gasteiger partial charge < -0.3 is 11.1 Å². The van der Waals surface area contributed by atoms with Crippen LogP contribution in [0.15, 0.2) is 29.2 Å². The Morgan fingerprint density at radius 3 is 2.32 bits per heavy atom. The molecule has 0 spiro atoms. The maximum Gasteiger partial charge on any atom is 0.224 e. The molecule has 1 aromatic carbocycles. The van der Waals surface area contributed by atoms with E-state index in [-0.39, 0.29) is 41.5 Å². The molecule has 0 heterocycles. The zero-order valence-electron chi connectivity index (χ0n) is 13.6. The number of carbonyl (C=O) groups is 1. The zero-order valence-corrected chi connectivity index (χ0v) is 15.2. The van der Waals surface area contributed by atoms with E-state index in [1.165, 1.54) is 12.1 Å². The second kappa shape index (κ2) is 9.38. The number of thioether (sulfide) groups is 1. The molecule has 3 N–H and O–H groups in total. The molecular formula is C16H26ClFN2OS. The first-order chi connectivity index (χ1) is 9.78. The van der Waals surface area contributed by atoms with Gasteiger partial charge in [-0.05, 0) is 37.1 Å². The normalized spacial score (nSPS) is 14.9. The van der Waals surface area contributed by atoms with Crippen molar-refractivity contribution < 1.29 is 9.18 Å². The van der Waals surface area contributed by atoms with E-state index in [9.17, 15) is 9.18 Å². The summed E-state index contributed by atoms with van der Waals surface area (Å²) in [4.78, 5) is 13.2. The molecule has 0 aliphatic heterocycles. The van der Waals surface area contributed by atoms with Crippen LogP contribution in [0.5, 0.6) is 0 Å². The van der Waals surface area contributed by atoms with Crippen molar-refractivity contribution in [3.05, 3.63) is 30.1 Å². The van der Waals surface area contributed by atoms with Crippen LogP contribution >= 0.6 is 24.2 Å². The van der Waals surface area contributed by atoms with Gasteiger partial charge in [-0.3, -0.25) is 4.79 Å². The van der Waals surface area contributed by atoms with Crippen LogP contribution in [-0.2, 0) is 4.79 Å². The fourth-order valence-corrected chi connectivity index (χ4v) is 2.59. The van der Waals surface area contributed by atoms with Crippen molar-refractivity contribution in [2.24, 2.45) is 17.6 Å². The molecule has 0 saturated carbocycles. The largest absolute Gasteiger partial charge is 0.349 e. The Hall–Kier alpha value is -0.780. The molecule has 0 aromatic heterocycles. The minimum Gasteiger partial charge on any atom is -0.349 e. The van der Waals surface area contributed by atoms with Crippen LogP contribution in [0.3, 0.4) is 0 Å². The van der Waals surface area contributed by atoms with Crippen molar-refractivity contribution in [3.63, 3.8) is 0 Å². The zero-order chi connectivity index (χ0) is 16.0. The fourth-order valence-electron chi connectivity index (χ4n) is 1.66. The average Bonchev–Trinajstić information content (AvgIpc) is 2.45. The molecule has 0 saturated heterocycles. The van der Waals surface area contributed by atoms with E-state index >= 15 is 0 Å². The summed E-state index contributed by atoms with van der Waals surface area (Å²) in [5, 5.41) is 3.05. The van der Waals surface area contributed by atoms with Gasteiger partial charge in [0.2, 0.25) is 5.91 Å². The van der Waals surface area contributed by atoms with E-state index in [4.69, 9.17) is 5.73 Å². The molecule has 126 valence electrons. The number of nitrogens with one attached hydrogen (secondary N) is 1. The smallest absolute Gasteiger partial charge is 0.224 e. The van der Waals surface area contributed by atoms with E-state index in [1.54, 1.807) is 23.9 Å². The predicted molar refractivity (Wildman–Crippen MR) is 94.0 cm³/mol. The van der Waals surface area contributed by atoms with Gasteiger partial charge in [-0.2, -0.15) is 0 Å². The SMILES string of the molecule is CC(CSc1ccc(F)cc1)C(=O)NC(C)(CN)C(C)C.Cl. The summed E-state index contributed by atoms with van der Waals surface area (Å²) in [5.74, 6) is 0.538. The molecule has 0 bridgehead atoms. The van der Waals surface area contributed by atoms with Crippen LogP contribution in [0.2, 0.25) is 0 Å². The van der Waals surface area contributed by atoms with Gasteiger partial charge in [-0.15, -0.1) is 24.2 Å². The van der Waals surface area contributed by atoms with Crippen LogP contribution in [0.25, 0.3) is 0 Å². The van der Waals surface area contributed by atoms with Gasteiger partial charge in [-0.1, -0.05) is 20.8 Å². The van der Waals surface area contributed by atoms with E-state index in [0.717, 1.165) is 4.90 Å². The first-order valence-corrected chi connectivity index (χ1v) is 8.17. The lowest BCUT2D eigenvalue weighted by atomic mass is 9.88. The van der Waals surface area contributed by atoms with Crippen LogP contribution < -0.4 is 11.1 Å². The first-order valence-electron chi connectivity index (χ1n) is 7.19. The summed E-state index contributed by atoms with van der Waals surface area (Å²) >= 11 is 1.55. The summed E-state index contributed by atoms with van der Waals surface area (Å²) in [7, 11) is 0. The molecule has 2 unspecified atom stereocenters. The lowest BCUT2D eigenvalue weighted by Crippen LogP contribution is -2.56. The van der Waals surface area contributed by atoms with Gasteiger partial charge in [0.25, 0.3) is 0 Å². The molecule has 3 nitrogen and oxygen atoms in total. The number of hydrogen-bond donors (Lipinski definition) is 2. The van der Waals surface area contributed by atoms with Gasteiger partial charge >= 0.3 is 0 Å². The van der Waals surface area contributed by atoms with Gasteiger partial charge in [0.15, 0.2) is 0 Å². The molecule has 0 aliphatic rings. The number of rotatable bonds is 7. The topological polar surface area (TPSA) is 55.1 Å². The monoisotopic (exact) mass is 348 g/mol. The Kier molecular flexibility index (Phi) is 9.05. The molecule has 0 fully saturated rings. The average molecular weight is 349 g/mol. The molecule has 6 heteroatoms. The fraction of sp³-hybridized carbons (Fsp3) is 0.562. The van der Waals surface area contributed by atoms with Gasteiger partial charge in [0, 0.05) is 23.1 Å². The second-order valence-electron chi connectivity index (χ2n) is 5.93. The second-order valence-corrected chi connectivity index (χ2v) is 7.02. The first kappa shape index (κ1) is 21.2. The Morgan fingerprint density at radius 2 is 1.86 bits per heavy atom. The standard InChI is InChI=1S/C16H25FN2OS.ClH/c1-11(2)16(4,10-18)19-15(20)12(3)9-21-14-7-5-13(17)6-8-14;/h5-8,11-12H,9-10,18H2,1-4H3,(H,19,20);1H. The highest BCUT2D eigenvalue weighted by Gasteiger charge is 2.30. The van der Waals surface area contributed by atoms with Crippen molar-refractivity contribution >= 4 is 30.1 Å². The maximum absolute atomic E-state index is 12.8. The lowest BCUT2D eigenvalue weighted by Gasteiger charge is -2.34. The van der Waals surface area contributed by atoms with Crippen molar-refractivity contribution in [1.82, 2.24) is 5.32 Å². The van der Waals surface area contributed by atoms with Gasteiger partial charge in [-0.25, -0.2) is 4.39 Å². The lowest BCUT2D eigenvalue weighted by molar-refractivity contribution is -0.126. The number of halogens is 2. The number of carbonyl (C=O) groups excluding carboxylic acids is 1. The molecule has 1 aromatic rings. The Morgan fingerprint density at radius 1 is 1.32 bits per heavy atom. The molecular weight excluding hydrogens is 323 g/mol. The molecule has 22 heavy (non-hydrogen) atoms. The third kappa shape index (κ3) is 6.15. The Labute approximate surface area is 143 Å². The summed E-state index contributed by atoms with van der Waals surface area (Å²) in [5.41, 5.74) is 5.40. The van der Waals surface area contributed by atoms with Gasteiger partial charge in [0.05, 0.1) is 5.54 Å². The molecule has 0 aliphatic carbocycles. The van der Waals surface area contributed by atoms with Crippen LogP contribution in [0.4, 0.5) is 4.39 Å². The van der Waals surface area contributed by atoms with Crippen LogP contribution in [-0.4, -0.2) is 23.7 Å². The third-order valence-electron chi connectivity index (χ3n) is 3.87. The van der Waals surface area contributed by atoms with E-state index in [0.29, 0.717) is 12.3 Å². The molecule has 0 radical (unpaired) electrons. The number of benzene rings is 1.